The number of halogens is 1. The largest absolute Gasteiger partial charge is 0.467 e. The first-order valence-corrected chi connectivity index (χ1v) is 8.36. The third-order valence-electron chi connectivity index (χ3n) is 3.69. The zero-order valence-corrected chi connectivity index (χ0v) is 14.8. The number of esters is 1. The van der Waals surface area contributed by atoms with Crippen molar-refractivity contribution >= 4 is 34.8 Å². The van der Waals surface area contributed by atoms with E-state index >= 15 is 0 Å². The lowest BCUT2D eigenvalue weighted by Crippen LogP contribution is -2.52. The predicted octanol–water partition coefficient (Wildman–Crippen LogP) is 4.14. The molecule has 6 heteroatoms. The van der Waals surface area contributed by atoms with Gasteiger partial charge in [-0.3, -0.25) is 4.79 Å². The van der Waals surface area contributed by atoms with Crippen LogP contribution in [0.3, 0.4) is 0 Å². The maximum atomic E-state index is 12.4. The molecule has 0 aliphatic heterocycles. The fourth-order valence-electron chi connectivity index (χ4n) is 2.05. The van der Waals surface area contributed by atoms with E-state index < -0.39 is 11.5 Å². The average Bonchev–Trinajstić information content (AvgIpc) is 3.04. The molecule has 0 aliphatic rings. The van der Waals surface area contributed by atoms with Crippen molar-refractivity contribution in [2.45, 2.75) is 25.8 Å². The molecular weight excluding hydrogens is 334 g/mol. The minimum Gasteiger partial charge on any atom is -0.467 e. The number of rotatable bonds is 5. The van der Waals surface area contributed by atoms with Crippen molar-refractivity contribution in [2.24, 2.45) is 0 Å². The van der Waals surface area contributed by atoms with Crippen molar-refractivity contribution in [2.75, 3.05) is 7.11 Å². The van der Waals surface area contributed by atoms with Crippen molar-refractivity contribution in [3.63, 3.8) is 0 Å². The molecule has 0 aliphatic carbocycles. The quantitative estimate of drug-likeness (QED) is 0.823. The minimum atomic E-state index is -1.03. The van der Waals surface area contributed by atoms with Gasteiger partial charge in [0.2, 0.25) is 0 Å². The molecule has 0 saturated carbocycles. The van der Waals surface area contributed by atoms with Gasteiger partial charge in [0, 0.05) is 9.90 Å². The Morgan fingerprint density at radius 3 is 2.43 bits per heavy atom. The first-order chi connectivity index (χ1) is 10.9. The molecule has 1 unspecified atom stereocenters. The lowest BCUT2D eigenvalue weighted by Gasteiger charge is -2.26. The standard InChI is InChI=1S/C17H18ClNO3S/c1-4-17(2,16(21)22-3)19-15(20)14-10-9-13(23-14)11-5-7-12(18)8-6-11/h5-10H,4H2,1-3H3,(H,19,20). The lowest BCUT2D eigenvalue weighted by atomic mass is 9.99. The van der Waals surface area contributed by atoms with Crippen LogP contribution in [0.15, 0.2) is 36.4 Å². The minimum absolute atomic E-state index is 0.287. The first-order valence-electron chi connectivity index (χ1n) is 7.16. The summed E-state index contributed by atoms with van der Waals surface area (Å²) < 4.78 is 4.77. The summed E-state index contributed by atoms with van der Waals surface area (Å²) in [6, 6.07) is 11.0. The fraction of sp³-hybridized carbons (Fsp3) is 0.294. The molecule has 0 spiro atoms. The van der Waals surface area contributed by atoms with Crippen LogP contribution in [-0.2, 0) is 9.53 Å². The van der Waals surface area contributed by atoms with E-state index in [1.807, 2.05) is 37.3 Å². The van der Waals surface area contributed by atoms with Gasteiger partial charge in [-0.25, -0.2) is 4.79 Å². The zero-order valence-electron chi connectivity index (χ0n) is 13.2. The third kappa shape index (κ3) is 3.92. The topological polar surface area (TPSA) is 55.4 Å². The molecule has 0 saturated heterocycles. The van der Waals surface area contributed by atoms with Gasteiger partial charge in [-0.05, 0) is 43.2 Å². The Bertz CT molecular complexity index is 711. The summed E-state index contributed by atoms with van der Waals surface area (Å²) in [5.74, 6) is -0.743. The molecule has 23 heavy (non-hydrogen) atoms. The lowest BCUT2D eigenvalue weighted by molar-refractivity contribution is -0.147. The molecule has 0 bridgehead atoms. The highest BCUT2D eigenvalue weighted by molar-refractivity contribution is 7.17. The zero-order chi connectivity index (χ0) is 17.0. The number of hydrogen-bond donors (Lipinski definition) is 1. The Balaban J connectivity index is 2.18. The summed E-state index contributed by atoms with van der Waals surface area (Å²) in [7, 11) is 1.31. The van der Waals surface area contributed by atoms with Crippen LogP contribution in [0.1, 0.15) is 29.9 Å². The summed E-state index contributed by atoms with van der Waals surface area (Å²) in [4.78, 5) is 25.8. The van der Waals surface area contributed by atoms with E-state index in [-0.39, 0.29) is 5.91 Å². The number of thiophene rings is 1. The molecule has 1 heterocycles. The van der Waals surface area contributed by atoms with Gasteiger partial charge in [0.1, 0.15) is 5.54 Å². The van der Waals surface area contributed by atoms with Gasteiger partial charge in [0.05, 0.1) is 12.0 Å². The van der Waals surface area contributed by atoms with Crippen LogP contribution in [0.4, 0.5) is 0 Å². The number of nitrogens with one attached hydrogen (secondary N) is 1. The molecule has 2 aromatic rings. The third-order valence-corrected chi connectivity index (χ3v) is 5.08. The van der Waals surface area contributed by atoms with E-state index in [0.717, 1.165) is 10.4 Å². The number of benzene rings is 1. The maximum absolute atomic E-state index is 12.4. The summed E-state index contributed by atoms with van der Waals surface area (Å²) in [5, 5.41) is 3.43. The van der Waals surface area contributed by atoms with E-state index in [9.17, 15) is 9.59 Å². The van der Waals surface area contributed by atoms with Gasteiger partial charge in [0.15, 0.2) is 0 Å². The van der Waals surface area contributed by atoms with Gasteiger partial charge >= 0.3 is 5.97 Å². The van der Waals surface area contributed by atoms with Crippen LogP contribution in [0, 0.1) is 0 Å². The monoisotopic (exact) mass is 351 g/mol. The number of hydrogen-bond acceptors (Lipinski definition) is 4. The summed E-state index contributed by atoms with van der Waals surface area (Å²) in [6.07, 6.45) is 0.445. The van der Waals surface area contributed by atoms with Gasteiger partial charge < -0.3 is 10.1 Å². The summed E-state index contributed by atoms with van der Waals surface area (Å²) in [5.41, 5.74) is -0.0411. The molecule has 0 radical (unpaired) electrons. The number of carbonyl (C=O) groups is 2. The molecular formula is C17H18ClNO3S. The second-order valence-electron chi connectivity index (χ2n) is 5.30. The number of carbonyl (C=O) groups excluding carboxylic acids is 2. The van der Waals surface area contributed by atoms with Crippen LogP contribution >= 0.6 is 22.9 Å². The molecule has 1 aromatic heterocycles. The number of methoxy groups -OCH3 is 1. The predicted molar refractivity (Wildman–Crippen MR) is 92.9 cm³/mol. The van der Waals surface area contributed by atoms with Crippen LogP contribution in [-0.4, -0.2) is 24.5 Å². The van der Waals surface area contributed by atoms with Gasteiger partial charge in [-0.1, -0.05) is 30.7 Å². The number of ether oxygens (including phenoxy) is 1. The molecule has 1 N–H and O–H groups in total. The molecule has 1 aromatic carbocycles. The number of amides is 1. The molecule has 1 amide bonds. The Hall–Kier alpha value is -1.85. The Kier molecular flexibility index (Phi) is 5.44. The highest BCUT2D eigenvalue weighted by Crippen LogP contribution is 2.29. The van der Waals surface area contributed by atoms with E-state index in [1.165, 1.54) is 18.4 Å². The van der Waals surface area contributed by atoms with E-state index in [1.54, 1.807) is 13.0 Å². The Morgan fingerprint density at radius 1 is 1.22 bits per heavy atom. The summed E-state index contributed by atoms with van der Waals surface area (Å²) in [6.45, 7) is 3.48. The molecule has 4 nitrogen and oxygen atoms in total. The van der Waals surface area contributed by atoms with E-state index in [4.69, 9.17) is 16.3 Å². The fourth-order valence-corrected chi connectivity index (χ4v) is 3.08. The van der Waals surface area contributed by atoms with Crippen LogP contribution < -0.4 is 5.32 Å². The van der Waals surface area contributed by atoms with Crippen LogP contribution in [0.25, 0.3) is 10.4 Å². The second-order valence-corrected chi connectivity index (χ2v) is 6.82. The summed E-state index contributed by atoms with van der Waals surface area (Å²) >= 11 is 7.25. The SMILES string of the molecule is CCC(C)(NC(=O)c1ccc(-c2ccc(Cl)cc2)s1)C(=O)OC. The highest BCUT2D eigenvalue weighted by Gasteiger charge is 2.34. The van der Waals surface area contributed by atoms with Crippen molar-refractivity contribution in [1.82, 2.24) is 5.32 Å². The van der Waals surface area contributed by atoms with Gasteiger partial charge in [-0.15, -0.1) is 11.3 Å². The smallest absolute Gasteiger partial charge is 0.331 e. The molecule has 1 atom stereocenters. The normalized spacial score (nSPS) is 13.2. The second kappa shape index (κ2) is 7.15. The first kappa shape index (κ1) is 17.5. The van der Waals surface area contributed by atoms with Crippen molar-refractivity contribution in [3.05, 3.63) is 46.3 Å². The van der Waals surface area contributed by atoms with Gasteiger partial charge in [-0.2, -0.15) is 0 Å². The van der Waals surface area contributed by atoms with Crippen molar-refractivity contribution in [1.29, 1.82) is 0 Å². The average molecular weight is 352 g/mol. The van der Waals surface area contributed by atoms with Crippen LogP contribution in [0.5, 0.6) is 0 Å². The van der Waals surface area contributed by atoms with Crippen molar-refractivity contribution in [3.8, 4) is 10.4 Å². The highest BCUT2D eigenvalue weighted by atomic mass is 35.5. The molecule has 122 valence electrons. The van der Waals surface area contributed by atoms with Crippen molar-refractivity contribution < 1.29 is 14.3 Å². The molecule has 2 rings (SSSR count). The van der Waals surface area contributed by atoms with Gasteiger partial charge in [0.25, 0.3) is 5.91 Å². The Labute approximate surface area is 144 Å². The van der Waals surface area contributed by atoms with E-state index in [2.05, 4.69) is 5.32 Å². The van der Waals surface area contributed by atoms with Crippen LogP contribution in [0.2, 0.25) is 5.02 Å². The Morgan fingerprint density at radius 2 is 1.87 bits per heavy atom. The molecule has 0 fully saturated rings. The van der Waals surface area contributed by atoms with E-state index in [0.29, 0.717) is 16.3 Å². The maximum Gasteiger partial charge on any atom is 0.331 e.